The molecule has 3 aromatic rings. The highest BCUT2D eigenvalue weighted by Gasteiger charge is 2.28. The molecule has 0 unspecified atom stereocenters. The Balaban J connectivity index is 1.42. The van der Waals surface area contributed by atoms with Crippen LogP contribution in [0.25, 0.3) is 11.4 Å². The first-order valence-electron chi connectivity index (χ1n) is 8.89. The largest absolute Gasteiger partial charge is 0.497 e. The van der Waals surface area contributed by atoms with Crippen LogP contribution in [0.4, 0.5) is 0 Å². The maximum atomic E-state index is 12.5. The monoisotopic (exact) mass is 367 g/mol. The number of ether oxygens (including phenoxy) is 2. The van der Waals surface area contributed by atoms with E-state index in [2.05, 4.69) is 14.7 Å². The molecule has 0 amide bonds. The molecule has 0 saturated heterocycles. The highest BCUT2D eigenvalue weighted by atomic mass is 16.6. The molecule has 27 heavy (non-hydrogen) atoms. The summed E-state index contributed by atoms with van der Waals surface area (Å²) in [4.78, 5) is 16.7. The number of nitrogens with zero attached hydrogens (tertiary/aromatic N) is 3. The Bertz CT molecular complexity index is 968. The van der Waals surface area contributed by atoms with E-state index in [1.807, 2.05) is 44.2 Å². The van der Waals surface area contributed by atoms with Crippen LogP contribution in [0.15, 0.2) is 34.9 Å². The molecule has 7 heteroatoms. The van der Waals surface area contributed by atoms with Crippen molar-refractivity contribution in [1.82, 2.24) is 14.7 Å². The summed E-state index contributed by atoms with van der Waals surface area (Å²) in [6.07, 6.45) is 2.34. The number of carbonyl (C=O) groups excluding carboxylic acids is 1. The predicted octanol–water partition coefficient (Wildman–Crippen LogP) is 3.86. The van der Waals surface area contributed by atoms with E-state index in [0.717, 1.165) is 22.7 Å². The van der Waals surface area contributed by atoms with E-state index in [9.17, 15) is 4.79 Å². The van der Waals surface area contributed by atoms with Gasteiger partial charge in [-0.25, -0.2) is 4.79 Å². The first kappa shape index (κ1) is 17.3. The molecule has 1 fully saturated rings. The van der Waals surface area contributed by atoms with Crippen LogP contribution < -0.4 is 4.74 Å². The van der Waals surface area contributed by atoms with Crippen molar-refractivity contribution in [1.29, 1.82) is 0 Å². The Morgan fingerprint density at radius 1 is 1.26 bits per heavy atom. The molecule has 1 aliphatic carbocycles. The summed E-state index contributed by atoms with van der Waals surface area (Å²) >= 11 is 0. The summed E-state index contributed by atoms with van der Waals surface area (Å²) < 4.78 is 17.9. The van der Waals surface area contributed by atoms with Gasteiger partial charge in [0, 0.05) is 23.0 Å². The molecule has 1 saturated carbocycles. The Labute approximate surface area is 156 Å². The van der Waals surface area contributed by atoms with Gasteiger partial charge in [-0.2, -0.15) is 4.98 Å². The van der Waals surface area contributed by atoms with Gasteiger partial charge in [-0.15, -0.1) is 0 Å². The van der Waals surface area contributed by atoms with Crippen LogP contribution in [-0.4, -0.2) is 27.8 Å². The molecule has 1 aromatic carbocycles. The molecule has 0 bridgehead atoms. The molecule has 0 aliphatic heterocycles. The highest BCUT2D eigenvalue weighted by molar-refractivity contribution is 5.91. The van der Waals surface area contributed by atoms with Gasteiger partial charge in [0.25, 0.3) is 5.89 Å². The van der Waals surface area contributed by atoms with Gasteiger partial charge in [0.2, 0.25) is 5.82 Å². The molecule has 4 rings (SSSR count). The molecule has 0 atom stereocenters. The maximum Gasteiger partial charge on any atom is 0.340 e. The molecule has 0 N–H and O–H groups in total. The van der Waals surface area contributed by atoms with E-state index in [-0.39, 0.29) is 18.5 Å². The molecule has 2 aromatic heterocycles. The average molecular weight is 367 g/mol. The molecule has 0 spiro atoms. The minimum Gasteiger partial charge on any atom is -0.497 e. The molecular weight excluding hydrogens is 346 g/mol. The zero-order chi connectivity index (χ0) is 19.0. The van der Waals surface area contributed by atoms with Crippen molar-refractivity contribution in [3.63, 3.8) is 0 Å². The molecule has 2 heterocycles. The zero-order valence-corrected chi connectivity index (χ0v) is 15.6. The number of methoxy groups -OCH3 is 1. The standard InChI is InChI=1S/C20H21N3O4/c1-12-10-17(13(2)23(12)15-6-7-15)20(24)26-11-18-21-19(22-27-18)14-4-8-16(25-3)9-5-14/h4-5,8-10,15H,6-7,11H2,1-3H3. The normalized spacial score (nSPS) is 13.6. The van der Waals surface area contributed by atoms with Crippen molar-refractivity contribution in [2.45, 2.75) is 39.3 Å². The third-order valence-corrected chi connectivity index (χ3v) is 4.76. The number of benzene rings is 1. The zero-order valence-electron chi connectivity index (χ0n) is 15.6. The van der Waals surface area contributed by atoms with Crippen molar-refractivity contribution < 1.29 is 18.8 Å². The molecule has 140 valence electrons. The second-order valence-corrected chi connectivity index (χ2v) is 6.70. The first-order chi connectivity index (χ1) is 13.1. The fraction of sp³-hybridized carbons (Fsp3) is 0.350. The summed E-state index contributed by atoms with van der Waals surface area (Å²) in [5.41, 5.74) is 3.42. The second kappa shape index (κ2) is 6.90. The van der Waals surface area contributed by atoms with E-state index >= 15 is 0 Å². The number of esters is 1. The Kier molecular flexibility index (Phi) is 4.43. The van der Waals surface area contributed by atoms with E-state index in [4.69, 9.17) is 14.0 Å². The van der Waals surface area contributed by atoms with Crippen LogP contribution in [0.1, 0.15) is 46.5 Å². The van der Waals surface area contributed by atoms with E-state index in [1.165, 1.54) is 12.8 Å². The Hall–Kier alpha value is -3.09. The van der Waals surface area contributed by atoms with Gasteiger partial charge in [0.05, 0.1) is 12.7 Å². The second-order valence-electron chi connectivity index (χ2n) is 6.70. The molecular formula is C20H21N3O4. The van der Waals surface area contributed by atoms with Crippen LogP contribution in [0.2, 0.25) is 0 Å². The summed E-state index contributed by atoms with van der Waals surface area (Å²) in [5, 5.41) is 3.94. The number of hydrogen-bond acceptors (Lipinski definition) is 6. The van der Waals surface area contributed by atoms with E-state index < -0.39 is 0 Å². The summed E-state index contributed by atoms with van der Waals surface area (Å²) in [6, 6.07) is 9.72. The molecule has 0 radical (unpaired) electrons. The van der Waals surface area contributed by atoms with Crippen molar-refractivity contribution >= 4 is 5.97 Å². The van der Waals surface area contributed by atoms with Gasteiger partial charge >= 0.3 is 5.97 Å². The number of aromatic nitrogens is 3. The van der Waals surface area contributed by atoms with E-state index in [1.54, 1.807) is 7.11 Å². The lowest BCUT2D eigenvalue weighted by Gasteiger charge is -2.07. The third kappa shape index (κ3) is 3.45. The van der Waals surface area contributed by atoms with Crippen LogP contribution in [0.5, 0.6) is 5.75 Å². The Morgan fingerprint density at radius 2 is 2.00 bits per heavy atom. The lowest BCUT2D eigenvalue weighted by molar-refractivity contribution is 0.0429. The van der Waals surface area contributed by atoms with Crippen molar-refractivity contribution in [3.05, 3.63) is 53.2 Å². The topological polar surface area (TPSA) is 79.4 Å². The fourth-order valence-corrected chi connectivity index (χ4v) is 3.25. The SMILES string of the molecule is COc1ccc(-c2noc(COC(=O)c3cc(C)n(C4CC4)c3C)n2)cc1. The van der Waals surface area contributed by atoms with Gasteiger partial charge in [-0.3, -0.25) is 0 Å². The third-order valence-electron chi connectivity index (χ3n) is 4.76. The van der Waals surface area contributed by atoms with Gasteiger partial charge in [-0.05, 0) is 57.0 Å². The van der Waals surface area contributed by atoms with Gasteiger partial charge in [0.1, 0.15) is 5.75 Å². The smallest absolute Gasteiger partial charge is 0.340 e. The number of hydrogen-bond donors (Lipinski definition) is 0. The van der Waals surface area contributed by atoms with Crippen LogP contribution in [0, 0.1) is 13.8 Å². The number of rotatable bonds is 6. The summed E-state index contributed by atoms with van der Waals surface area (Å²) in [6.45, 7) is 3.91. The van der Waals surface area contributed by atoms with Crippen molar-refractivity contribution in [2.75, 3.05) is 7.11 Å². The van der Waals surface area contributed by atoms with E-state index in [0.29, 0.717) is 17.4 Å². The first-order valence-corrected chi connectivity index (χ1v) is 8.89. The lowest BCUT2D eigenvalue weighted by Crippen LogP contribution is -2.07. The minimum absolute atomic E-state index is 0.0604. The van der Waals surface area contributed by atoms with Crippen LogP contribution in [-0.2, 0) is 11.3 Å². The lowest BCUT2D eigenvalue weighted by atomic mass is 10.2. The van der Waals surface area contributed by atoms with Gasteiger partial charge < -0.3 is 18.6 Å². The predicted molar refractivity (Wildman–Crippen MR) is 97.6 cm³/mol. The quantitative estimate of drug-likeness (QED) is 0.616. The van der Waals surface area contributed by atoms with Gasteiger partial charge in [0.15, 0.2) is 6.61 Å². The molecule has 7 nitrogen and oxygen atoms in total. The summed E-state index contributed by atoms with van der Waals surface area (Å²) in [7, 11) is 1.61. The van der Waals surface area contributed by atoms with Crippen LogP contribution >= 0.6 is 0 Å². The Morgan fingerprint density at radius 3 is 2.67 bits per heavy atom. The number of aryl methyl sites for hydroxylation is 1. The summed E-state index contributed by atoms with van der Waals surface area (Å²) in [5.74, 6) is 1.07. The average Bonchev–Trinajstić information content (AvgIpc) is 3.31. The van der Waals surface area contributed by atoms with Crippen molar-refractivity contribution in [2.24, 2.45) is 0 Å². The van der Waals surface area contributed by atoms with Crippen LogP contribution in [0.3, 0.4) is 0 Å². The fourth-order valence-electron chi connectivity index (χ4n) is 3.25. The maximum absolute atomic E-state index is 12.5. The number of carbonyl (C=O) groups is 1. The molecule has 1 aliphatic rings. The van der Waals surface area contributed by atoms with Gasteiger partial charge in [-0.1, -0.05) is 5.16 Å². The van der Waals surface area contributed by atoms with Crippen molar-refractivity contribution in [3.8, 4) is 17.1 Å². The highest BCUT2D eigenvalue weighted by Crippen LogP contribution is 2.38. The minimum atomic E-state index is -0.376.